The van der Waals surface area contributed by atoms with Gasteiger partial charge < -0.3 is 14.3 Å². The minimum Gasteiger partial charge on any atom is -0.356 e. The molecule has 0 aliphatic carbocycles. The van der Waals surface area contributed by atoms with Crippen molar-refractivity contribution < 1.29 is 14.3 Å². The molecule has 0 radical (unpaired) electrons. The first-order valence-corrected chi connectivity index (χ1v) is 4.25. The van der Waals surface area contributed by atoms with Gasteiger partial charge >= 0.3 is 0 Å². The molecule has 0 aliphatic rings. The Morgan fingerprint density at radius 3 is 2.25 bits per heavy atom. The normalized spacial score (nSPS) is 10.7. The van der Waals surface area contributed by atoms with Gasteiger partial charge in [0.2, 0.25) is 0 Å². The predicted molar refractivity (Wildman–Crippen MR) is 47.0 cm³/mol. The Kier molecular flexibility index (Phi) is 7.00. The Bertz CT molecular complexity index is 119. The summed E-state index contributed by atoms with van der Waals surface area (Å²) in [4.78, 5) is 10.6. The Morgan fingerprint density at radius 1 is 1.25 bits per heavy atom. The smallest absolute Gasteiger partial charge is 0.156 e. The van der Waals surface area contributed by atoms with Gasteiger partial charge in [-0.05, 0) is 26.2 Å². The van der Waals surface area contributed by atoms with Crippen LogP contribution in [0.2, 0.25) is 0 Å². The fraction of sp³-hybridized carbons (Fsp3) is 0.889. The molecular weight excluding hydrogens is 156 g/mol. The summed E-state index contributed by atoms with van der Waals surface area (Å²) in [5.74, 6) is 0.251. The van der Waals surface area contributed by atoms with Crippen molar-refractivity contribution in [2.24, 2.45) is 0 Å². The zero-order chi connectivity index (χ0) is 9.40. The Morgan fingerprint density at radius 2 is 1.83 bits per heavy atom. The van der Waals surface area contributed by atoms with E-state index in [4.69, 9.17) is 9.47 Å². The van der Waals surface area contributed by atoms with Crippen LogP contribution in [-0.2, 0) is 14.3 Å². The quantitative estimate of drug-likeness (QED) is 0.436. The first kappa shape index (κ1) is 11.6. The minimum atomic E-state index is -0.114. The van der Waals surface area contributed by atoms with Crippen LogP contribution in [0.25, 0.3) is 0 Å². The van der Waals surface area contributed by atoms with E-state index in [0.717, 1.165) is 19.3 Å². The van der Waals surface area contributed by atoms with E-state index in [1.807, 2.05) is 0 Å². The molecule has 3 nitrogen and oxygen atoms in total. The van der Waals surface area contributed by atoms with Gasteiger partial charge in [-0.1, -0.05) is 0 Å². The maximum Gasteiger partial charge on any atom is 0.156 e. The van der Waals surface area contributed by atoms with E-state index in [1.54, 1.807) is 21.1 Å². The van der Waals surface area contributed by atoms with Crippen molar-refractivity contribution in [1.82, 2.24) is 0 Å². The summed E-state index contributed by atoms with van der Waals surface area (Å²) >= 11 is 0. The van der Waals surface area contributed by atoms with Crippen LogP contribution in [-0.4, -0.2) is 26.3 Å². The third kappa shape index (κ3) is 6.31. The fourth-order valence-corrected chi connectivity index (χ4v) is 1.02. The lowest BCUT2D eigenvalue weighted by molar-refractivity contribution is -0.118. The van der Waals surface area contributed by atoms with Crippen LogP contribution in [0, 0.1) is 0 Å². The molecule has 0 amide bonds. The largest absolute Gasteiger partial charge is 0.356 e. The van der Waals surface area contributed by atoms with Gasteiger partial charge in [0.05, 0.1) is 0 Å². The highest BCUT2D eigenvalue weighted by Crippen LogP contribution is 2.06. The van der Waals surface area contributed by atoms with Crippen LogP contribution < -0.4 is 0 Å². The highest BCUT2D eigenvalue weighted by molar-refractivity contribution is 5.75. The van der Waals surface area contributed by atoms with Crippen molar-refractivity contribution in [3.05, 3.63) is 0 Å². The molecule has 0 unspecified atom stereocenters. The summed E-state index contributed by atoms with van der Waals surface area (Å²) < 4.78 is 10.00. The average molecular weight is 174 g/mol. The van der Waals surface area contributed by atoms with Gasteiger partial charge in [-0.15, -0.1) is 0 Å². The van der Waals surface area contributed by atoms with Crippen molar-refractivity contribution in [3.63, 3.8) is 0 Å². The molecule has 0 heterocycles. The third-order valence-electron chi connectivity index (χ3n) is 1.74. The summed E-state index contributed by atoms with van der Waals surface area (Å²) in [5, 5.41) is 0. The second-order valence-electron chi connectivity index (χ2n) is 2.85. The maximum atomic E-state index is 10.6. The van der Waals surface area contributed by atoms with Crippen LogP contribution in [0.4, 0.5) is 0 Å². The number of Topliss-reactive ketones (excluding diaryl/α,β-unsaturated/α-hetero) is 1. The summed E-state index contributed by atoms with van der Waals surface area (Å²) in [6, 6.07) is 0. The van der Waals surface area contributed by atoms with Gasteiger partial charge in [0, 0.05) is 20.6 Å². The number of ether oxygens (including phenoxy) is 2. The lowest BCUT2D eigenvalue weighted by Crippen LogP contribution is -2.12. The van der Waals surface area contributed by atoms with Gasteiger partial charge in [0.25, 0.3) is 0 Å². The lowest BCUT2D eigenvalue weighted by Gasteiger charge is -2.12. The number of hydrogen-bond donors (Lipinski definition) is 0. The average Bonchev–Trinajstić information content (AvgIpc) is 2.04. The van der Waals surface area contributed by atoms with Crippen molar-refractivity contribution >= 4 is 5.78 Å². The molecule has 0 aromatic carbocycles. The Labute approximate surface area is 74.0 Å². The SMILES string of the molecule is COC(CCCCC(C)=O)OC. The summed E-state index contributed by atoms with van der Waals surface area (Å²) in [5.41, 5.74) is 0. The number of ketones is 1. The first-order chi connectivity index (χ1) is 5.70. The molecule has 0 aliphatic heterocycles. The van der Waals surface area contributed by atoms with Gasteiger partial charge in [0.1, 0.15) is 5.78 Å². The molecule has 0 atom stereocenters. The Balaban J connectivity index is 3.23. The molecule has 12 heavy (non-hydrogen) atoms. The van der Waals surface area contributed by atoms with Crippen LogP contribution in [0.5, 0.6) is 0 Å². The molecule has 0 bridgehead atoms. The monoisotopic (exact) mass is 174 g/mol. The molecule has 0 aromatic rings. The van der Waals surface area contributed by atoms with Crippen LogP contribution in [0.15, 0.2) is 0 Å². The summed E-state index contributed by atoms with van der Waals surface area (Å²) in [7, 11) is 3.25. The molecule has 0 spiro atoms. The van der Waals surface area contributed by atoms with Crippen molar-refractivity contribution in [2.75, 3.05) is 14.2 Å². The molecule has 0 saturated heterocycles. The number of carbonyl (C=O) groups is 1. The predicted octanol–water partition coefficient (Wildman–Crippen LogP) is 1.75. The number of hydrogen-bond acceptors (Lipinski definition) is 3. The van der Waals surface area contributed by atoms with Crippen molar-refractivity contribution in [1.29, 1.82) is 0 Å². The Hall–Kier alpha value is -0.410. The highest BCUT2D eigenvalue weighted by atomic mass is 16.7. The minimum absolute atomic E-state index is 0.114. The highest BCUT2D eigenvalue weighted by Gasteiger charge is 2.03. The molecule has 0 fully saturated rings. The van der Waals surface area contributed by atoms with E-state index in [0.29, 0.717) is 6.42 Å². The second-order valence-corrected chi connectivity index (χ2v) is 2.85. The van der Waals surface area contributed by atoms with E-state index in [1.165, 1.54) is 0 Å². The molecule has 0 saturated carbocycles. The van der Waals surface area contributed by atoms with Gasteiger partial charge in [0.15, 0.2) is 6.29 Å². The molecule has 0 rings (SSSR count). The molecule has 3 heteroatoms. The van der Waals surface area contributed by atoms with Gasteiger partial charge in [-0.2, -0.15) is 0 Å². The van der Waals surface area contributed by atoms with E-state index in [-0.39, 0.29) is 12.1 Å². The van der Waals surface area contributed by atoms with E-state index >= 15 is 0 Å². The topological polar surface area (TPSA) is 35.5 Å². The van der Waals surface area contributed by atoms with E-state index < -0.39 is 0 Å². The van der Waals surface area contributed by atoms with E-state index in [2.05, 4.69) is 0 Å². The van der Waals surface area contributed by atoms with Gasteiger partial charge in [-0.3, -0.25) is 0 Å². The van der Waals surface area contributed by atoms with Gasteiger partial charge in [-0.25, -0.2) is 0 Å². The summed E-state index contributed by atoms with van der Waals surface area (Å²) in [6.45, 7) is 1.62. The second kappa shape index (κ2) is 7.25. The number of unbranched alkanes of at least 4 members (excludes halogenated alkanes) is 1. The fourth-order valence-electron chi connectivity index (χ4n) is 1.02. The molecular formula is C9H18O3. The molecule has 72 valence electrons. The zero-order valence-corrected chi connectivity index (χ0v) is 8.13. The lowest BCUT2D eigenvalue weighted by atomic mass is 10.1. The molecule has 0 N–H and O–H groups in total. The number of carbonyl (C=O) groups excluding carboxylic acids is 1. The van der Waals surface area contributed by atoms with Crippen LogP contribution in [0.1, 0.15) is 32.6 Å². The number of methoxy groups -OCH3 is 2. The maximum absolute atomic E-state index is 10.6. The summed E-state index contributed by atoms with van der Waals surface area (Å²) in [6.07, 6.45) is 3.32. The number of rotatable bonds is 7. The van der Waals surface area contributed by atoms with Crippen molar-refractivity contribution in [3.8, 4) is 0 Å². The first-order valence-electron chi connectivity index (χ1n) is 4.25. The standard InChI is InChI=1S/C9H18O3/c1-8(10)6-4-5-7-9(11-2)12-3/h9H,4-7H2,1-3H3. The van der Waals surface area contributed by atoms with Crippen LogP contribution in [0.3, 0.4) is 0 Å². The zero-order valence-electron chi connectivity index (χ0n) is 8.13. The molecule has 0 aromatic heterocycles. The van der Waals surface area contributed by atoms with E-state index in [9.17, 15) is 4.79 Å². The van der Waals surface area contributed by atoms with Crippen LogP contribution >= 0.6 is 0 Å². The van der Waals surface area contributed by atoms with Crippen molar-refractivity contribution in [2.45, 2.75) is 38.9 Å². The third-order valence-corrected chi connectivity index (χ3v) is 1.74.